The molecule has 6 heteroatoms. The summed E-state index contributed by atoms with van der Waals surface area (Å²) >= 11 is 4.58. The number of halogens is 1. The van der Waals surface area contributed by atoms with Crippen LogP contribution in [-0.2, 0) is 11.3 Å². The molecule has 1 aliphatic carbocycles. The summed E-state index contributed by atoms with van der Waals surface area (Å²) in [6.45, 7) is 0.454. The minimum absolute atomic E-state index is 0.208. The first-order valence-corrected chi connectivity index (χ1v) is 8.08. The lowest BCUT2D eigenvalue weighted by Crippen LogP contribution is -2.34. The molecule has 0 bridgehead atoms. The van der Waals surface area contributed by atoms with E-state index in [1.54, 1.807) is 18.3 Å². The summed E-state index contributed by atoms with van der Waals surface area (Å²) in [5.74, 6) is -0.158. The van der Waals surface area contributed by atoms with Crippen LogP contribution in [0.25, 0.3) is 11.1 Å². The first-order chi connectivity index (χ1) is 11.7. The second-order valence-electron chi connectivity index (χ2n) is 5.67. The van der Waals surface area contributed by atoms with Gasteiger partial charge in [0.25, 0.3) is 0 Å². The number of isothiocyanates is 1. The zero-order valence-electron chi connectivity index (χ0n) is 13.2. The van der Waals surface area contributed by atoms with E-state index in [0.717, 1.165) is 29.7 Å². The molecule has 1 aromatic carbocycles. The van der Waals surface area contributed by atoms with E-state index in [9.17, 15) is 4.39 Å². The van der Waals surface area contributed by atoms with Crippen molar-refractivity contribution in [2.75, 3.05) is 7.11 Å². The molecule has 2 aromatic rings. The SMILES string of the molecule is COc1ccc(-c2ccc(CO[C@H]3C[C@@H](N=C=S)C3)nc2)cc1F. The first-order valence-electron chi connectivity index (χ1n) is 7.67. The standard InChI is InChI=1S/C18H17FN2O2S/c1-22-18-5-3-12(6-17(18)19)13-2-4-14(20-9-13)10-23-16-7-15(8-16)21-11-24/h2-6,9,15-16H,7-8,10H2,1H3/t15-,16+. The van der Waals surface area contributed by atoms with E-state index in [1.165, 1.54) is 13.2 Å². The van der Waals surface area contributed by atoms with Crippen molar-refractivity contribution in [1.82, 2.24) is 4.98 Å². The van der Waals surface area contributed by atoms with E-state index in [1.807, 2.05) is 12.1 Å². The number of benzene rings is 1. The highest BCUT2D eigenvalue weighted by molar-refractivity contribution is 7.78. The van der Waals surface area contributed by atoms with Gasteiger partial charge in [0.05, 0.1) is 36.7 Å². The molecule has 0 spiro atoms. The lowest BCUT2D eigenvalue weighted by atomic mass is 9.90. The minimum atomic E-state index is -0.388. The van der Waals surface area contributed by atoms with Crippen molar-refractivity contribution >= 4 is 17.4 Å². The lowest BCUT2D eigenvalue weighted by Gasteiger charge is -2.31. The van der Waals surface area contributed by atoms with E-state index in [0.29, 0.717) is 6.61 Å². The lowest BCUT2D eigenvalue weighted by molar-refractivity contribution is -0.0195. The van der Waals surface area contributed by atoms with Crippen LogP contribution >= 0.6 is 12.2 Å². The Kier molecular flexibility index (Phi) is 5.30. The average Bonchev–Trinajstić information content (AvgIpc) is 2.57. The molecule has 1 aromatic heterocycles. The van der Waals surface area contributed by atoms with Crippen LogP contribution in [-0.4, -0.2) is 29.4 Å². The number of hydrogen-bond acceptors (Lipinski definition) is 5. The van der Waals surface area contributed by atoms with Crippen LogP contribution in [0.4, 0.5) is 4.39 Å². The van der Waals surface area contributed by atoms with Crippen LogP contribution in [0.2, 0.25) is 0 Å². The Morgan fingerprint density at radius 2 is 2.08 bits per heavy atom. The van der Waals surface area contributed by atoms with Gasteiger partial charge in [0.1, 0.15) is 0 Å². The molecule has 124 valence electrons. The number of nitrogens with zero attached hydrogens (tertiary/aromatic N) is 2. The number of thiocarbonyl (C=S) groups is 1. The summed E-state index contributed by atoms with van der Waals surface area (Å²) in [6.07, 6.45) is 3.69. The minimum Gasteiger partial charge on any atom is -0.494 e. The van der Waals surface area contributed by atoms with Crippen LogP contribution in [0.1, 0.15) is 18.5 Å². The number of pyridine rings is 1. The van der Waals surface area contributed by atoms with Crippen LogP contribution in [0.3, 0.4) is 0 Å². The highest BCUT2D eigenvalue weighted by atomic mass is 32.1. The van der Waals surface area contributed by atoms with Gasteiger partial charge in [-0.15, -0.1) is 0 Å². The first kappa shape index (κ1) is 16.7. The molecule has 1 aliphatic rings. The van der Waals surface area contributed by atoms with Gasteiger partial charge >= 0.3 is 0 Å². The van der Waals surface area contributed by atoms with Gasteiger partial charge in [-0.05, 0) is 48.8 Å². The van der Waals surface area contributed by atoms with Crippen molar-refractivity contribution in [2.24, 2.45) is 4.99 Å². The van der Waals surface area contributed by atoms with Crippen molar-refractivity contribution in [3.8, 4) is 16.9 Å². The van der Waals surface area contributed by atoms with Crippen LogP contribution < -0.4 is 4.74 Å². The van der Waals surface area contributed by atoms with Crippen molar-refractivity contribution in [2.45, 2.75) is 31.6 Å². The number of hydrogen-bond donors (Lipinski definition) is 0. The van der Waals surface area contributed by atoms with Gasteiger partial charge in [0.2, 0.25) is 0 Å². The van der Waals surface area contributed by atoms with Crippen molar-refractivity contribution < 1.29 is 13.9 Å². The number of aliphatic imine (C=N–C) groups is 1. The van der Waals surface area contributed by atoms with Gasteiger partial charge in [0.15, 0.2) is 11.6 Å². The Labute approximate surface area is 145 Å². The molecule has 0 atom stereocenters. The van der Waals surface area contributed by atoms with Gasteiger partial charge in [0, 0.05) is 11.8 Å². The topological polar surface area (TPSA) is 43.7 Å². The van der Waals surface area contributed by atoms with Crippen LogP contribution in [0, 0.1) is 5.82 Å². The van der Waals surface area contributed by atoms with E-state index in [2.05, 4.69) is 27.4 Å². The molecular weight excluding hydrogens is 327 g/mol. The fraction of sp³-hybridized carbons (Fsp3) is 0.333. The van der Waals surface area contributed by atoms with Gasteiger partial charge in [-0.2, -0.15) is 0 Å². The van der Waals surface area contributed by atoms with E-state index < -0.39 is 0 Å². The maximum atomic E-state index is 13.8. The molecule has 24 heavy (non-hydrogen) atoms. The number of rotatable bonds is 6. The van der Waals surface area contributed by atoms with Crippen molar-refractivity contribution in [3.63, 3.8) is 0 Å². The second kappa shape index (κ2) is 7.62. The molecule has 0 saturated heterocycles. The van der Waals surface area contributed by atoms with Crippen LogP contribution in [0.5, 0.6) is 5.75 Å². The Morgan fingerprint density at radius 1 is 1.29 bits per heavy atom. The molecule has 3 rings (SSSR count). The Balaban J connectivity index is 1.57. The summed E-state index contributed by atoms with van der Waals surface area (Å²) in [5.41, 5.74) is 2.45. The van der Waals surface area contributed by atoms with Gasteiger partial charge in [-0.3, -0.25) is 4.98 Å². The highest BCUT2D eigenvalue weighted by Crippen LogP contribution is 2.27. The van der Waals surface area contributed by atoms with E-state index >= 15 is 0 Å². The van der Waals surface area contributed by atoms with Crippen LogP contribution in [0.15, 0.2) is 41.5 Å². The molecule has 0 radical (unpaired) electrons. The quantitative estimate of drug-likeness (QED) is 0.586. The highest BCUT2D eigenvalue weighted by Gasteiger charge is 2.29. The summed E-state index contributed by atoms with van der Waals surface area (Å²) in [4.78, 5) is 8.41. The van der Waals surface area contributed by atoms with Crippen molar-refractivity contribution in [1.29, 1.82) is 0 Å². The zero-order valence-corrected chi connectivity index (χ0v) is 14.1. The average molecular weight is 344 g/mol. The van der Waals surface area contributed by atoms with Gasteiger partial charge in [-0.25, -0.2) is 9.38 Å². The fourth-order valence-corrected chi connectivity index (χ4v) is 2.73. The van der Waals surface area contributed by atoms with E-state index in [-0.39, 0.29) is 23.7 Å². The Bertz CT molecular complexity index is 754. The fourth-order valence-electron chi connectivity index (χ4n) is 2.58. The van der Waals surface area contributed by atoms with Crippen molar-refractivity contribution in [3.05, 3.63) is 48.0 Å². The Hall–Kier alpha value is -2.14. The predicted molar refractivity (Wildman–Crippen MR) is 92.8 cm³/mol. The smallest absolute Gasteiger partial charge is 0.165 e. The maximum absolute atomic E-state index is 13.8. The summed E-state index contributed by atoms with van der Waals surface area (Å²) < 4.78 is 24.5. The number of aromatic nitrogens is 1. The summed E-state index contributed by atoms with van der Waals surface area (Å²) in [7, 11) is 1.44. The third-order valence-electron chi connectivity index (χ3n) is 4.08. The number of methoxy groups -OCH3 is 1. The third kappa shape index (κ3) is 3.85. The predicted octanol–water partition coefficient (Wildman–Crippen LogP) is 4.05. The summed E-state index contributed by atoms with van der Waals surface area (Å²) in [6, 6.07) is 8.91. The molecule has 1 saturated carbocycles. The molecular formula is C18H17FN2O2S. The molecule has 0 aliphatic heterocycles. The molecule has 0 unspecified atom stereocenters. The third-order valence-corrected chi connectivity index (χ3v) is 4.19. The largest absolute Gasteiger partial charge is 0.494 e. The molecule has 0 amide bonds. The maximum Gasteiger partial charge on any atom is 0.165 e. The molecule has 0 N–H and O–H groups in total. The zero-order chi connectivity index (χ0) is 16.9. The van der Waals surface area contributed by atoms with Gasteiger partial charge < -0.3 is 9.47 Å². The number of ether oxygens (including phenoxy) is 2. The Morgan fingerprint density at radius 3 is 2.71 bits per heavy atom. The normalized spacial score (nSPS) is 19.2. The van der Waals surface area contributed by atoms with E-state index in [4.69, 9.17) is 9.47 Å². The summed E-state index contributed by atoms with van der Waals surface area (Å²) in [5, 5.41) is 2.40. The molecule has 1 heterocycles. The van der Waals surface area contributed by atoms with Gasteiger partial charge in [-0.1, -0.05) is 12.1 Å². The molecule has 1 fully saturated rings. The molecule has 4 nitrogen and oxygen atoms in total. The monoisotopic (exact) mass is 344 g/mol. The second-order valence-corrected chi connectivity index (χ2v) is 5.85.